The predicted octanol–water partition coefficient (Wildman–Crippen LogP) is 3.97. The molecule has 0 unspecified atom stereocenters. The number of benzene rings is 2. The second kappa shape index (κ2) is 8.29. The molecule has 1 aliphatic rings. The van der Waals surface area contributed by atoms with E-state index in [-0.39, 0.29) is 11.9 Å². The van der Waals surface area contributed by atoms with Gasteiger partial charge in [-0.2, -0.15) is 0 Å². The smallest absolute Gasteiger partial charge is 0.263 e. The van der Waals surface area contributed by atoms with Crippen molar-refractivity contribution in [3.05, 3.63) is 53.8 Å². The number of ether oxygens (including phenoxy) is 3. The third-order valence-corrected chi connectivity index (χ3v) is 4.79. The highest BCUT2D eigenvalue weighted by Gasteiger charge is 2.35. The van der Waals surface area contributed by atoms with E-state index >= 15 is 0 Å². The van der Waals surface area contributed by atoms with E-state index in [4.69, 9.17) is 14.2 Å². The van der Waals surface area contributed by atoms with Crippen molar-refractivity contribution in [3.8, 4) is 17.2 Å². The van der Waals surface area contributed by atoms with Gasteiger partial charge < -0.3 is 19.1 Å². The summed E-state index contributed by atoms with van der Waals surface area (Å²) in [5.74, 6) is 1.25. The van der Waals surface area contributed by atoms with Crippen LogP contribution in [-0.2, 0) is 4.79 Å². The Bertz CT molecular complexity index is 811. The molecule has 1 saturated heterocycles. The number of amides is 1. The van der Waals surface area contributed by atoms with Crippen molar-refractivity contribution in [2.75, 3.05) is 20.8 Å². The summed E-state index contributed by atoms with van der Waals surface area (Å²) in [5, 5.41) is 0. The van der Waals surface area contributed by atoms with Crippen LogP contribution in [0.3, 0.4) is 0 Å². The van der Waals surface area contributed by atoms with Gasteiger partial charge in [0.05, 0.1) is 20.3 Å². The van der Waals surface area contributed by atoms with E-state index < -0.39 is 11.9 Å². The van der Waals surface area contributed by atoms with Gasteiger partial charge in [-0.05, 0) is 50.1 Å². The Labute approximate surface area is 158 Å². The van der Waals surface area contributed by atoms with Gasteiger partial charge in [-0.3, -0.25) is 4.79 Å². The zero-order valence-electron chi connectivity index (χ0n) is 15.8. The van der Waals surface area contributed by atoms with Crippen LogP contribution in [0.4, 0.5) is 4.39 Å². The average molecular weight is 373 g/mol. The van der Waals surface area contributed by atoms with Gasteiger partial charge in [-0.15, -0.1) is 0 Å². The van der Waals surface area contributed by atoms with Crippen LogP contribution in [0.5, 0.6) is 17.2 Å². The summed E-state index contributed by atoms with van der Waals surface area (Å²) in [4.78, 5) is 14.8. The first-order chi connectivity index (χ1) is 13.0. The van der Waals surface area contributed by atoms with E-state index in [9.17, 15) is 9.18 Å². The van der Waals surface area contributed by atoms with Crippen LogP contribution in [-0.4, -0.2) is 37.7 Å². The van der Waals surface area contributed by atoms with Crippen LogP contribution in [0, 0.1) is 5.82 Å². The highest BCUT2D eigenvalue weighted by Crippen LogP contribution is 2.39. The molecule has 0 aliphatic carbocycles. The quantitative estimate of drug-likeness (QED) is 0.769. The molecule has 0 aromatic heterocycles. The second-order valence-corrected chi connectivity index (χ2v) is 6.51. The maximum atomic E-state index is 13.4. The standard InChI is InChI=1S/C21H24FNO4/c1-14(27-17-7-4-6-15(22)12-17)21(24)23-11-5-8-19(23)18-13-16(25-2)9-10-20(18)26-3/h4,6-7,9-10,12-14,19H,5,8,11H2,1-3H3/t14-,19+/m0/s1. The fourth-order valence-corrected chi connectivity index (χ4v) is 3.48. The lowest BCUT2D eigenvalue weighted by Gasteiger charge is -2.29. The summed E-state index contributed by atoms with van der Waals surface area (Å²) in [5.41, 5.74) is 0.917. The lowest BCUT2D eigenvalue weighted by atomic mass is 10.0. The molecule has 0 saturated carbocycles. The van der Waals surface area contributed by atoms with Crippen molar-refractivity contribution in [2.24, 2.45) is 0 Å². The van der Waals surface area contributed by atoms with Crippen LogP contribution in [0.2, 0.25) is 0 Å². The van der Waals surface area contributed by atoms with E-state index in [0.717, 1.165) is 24.2 Å². The summed E-state index contributed by atoms with van der Waals surface area (Å²) in [6.45, 7) is 2.33. The van der Waals surface area contributed by atoms with Crippen LogP contribution < -0.4 is 14.2 Å². The summed E-state index contributed by atoms with van der Waals surface area (Å²) in [6.07, 6.45) is 1.01. The van der Waals surface area contributed by atoms with Gasteiger partial charge >= 0.3 is 0 Å². The molecule has 144 valence electrons. The van der Waals surface area contributed by atoms with Gasteiger partial charge in [0.1, 0.15) is 23.1 Å². The highest BCUT2D eigenvalue weighted by molar-refractivity contribution is 5.81. The molecule has 2 aromatic carbocycles. The van der Waals surface area contributed by atoms with Crippen molar-refractivity contribution in [1.82, 2.24) is 4.90 Å². The number of nitrogens with zero attached hydrogens (tertiary/aromatic N) is 1. The molecule has 3 rings (SSSR count). The molecule has 0 bridgehead atoms. The van der Waals surface area contributed by atoms with Crippen LogP contribution >= 0.6 is 0 Å². The third kappa shape index (κ3) is 4.15. The number of hydrogen-bond donors (Lipinski definition) is 0. The van der Waals surface area contributed by atoms with Crippen molar-refractivity contribution in [3.63, 3.8) is 0 Å². The first kappa shape index (κ1) is 19.0. The summed E-state index contributed by atoms with van der Waals surface area (Å²) in [7, 11) is 3.22. The van der Waals surface area contributed by atoms with E-state index in [0.29, 0.717) is 18.0 Å². The van der Waals surface area contributed by atoms with Gasteiger partial charge in [0.2, 0.25) is 0 Å². The molecular weight excluding hydrogens is 349 g/mol. The number of methoxy groups -OCH3 is 2. The maximum absolute atomic E-state index is 13.4. The number of halogens is 1. The fourth-order valence-electron chi connectivity index (χ4n) is 3.48. The molecule has 0 N–H and O–H groups in total. The Kier molecular flexibility index (Phi) is 5.84. The second-order valence-electron chi connectivity index (χ2n) is 6.51. The Morgan fingerprint density at radius 1 is 1.15 bits per heavy atom. The molecule has 1 amide bonds. The predicted molar refractivity (Wildman–Crippen MR) is 99.7 cm³/mol. The molecular formula is C21H24FNO4. The van der Waals surface area contributed by atoms with Crippen LogP contribution in [0.1, 0.15) is 31.4 Å². The van der Waals surface area contributed by atoms with Gasteiger partial charge in [-0.1, -0.05) is 6.07 Å². The van der Waals surface area contributed by atoms with Gasteiger partial charge in [0, 0.05) is 18.2 Å². The Morgan fingerprint density at radius 3 is 2.67 bits per heavy atom. The summed E-state index contributed by atoms with van der Waals surface area (Å²) < 4.78 is 29.8. The van der Waals surface area contributed by atoms with Crippen LogP contribution in [0.25, 0.3) is 0 Å². The lowest BCUT2D eigenvalue weighted by Crippen LogP contribution is -2.40. The first-order valence-corrected chi connectivity index (χ1v) is 8.98. The molecule has 5 nitrogen and oxygen atoms in total. The van der Waals surface area contributed by atoms with E-state index in [1.54, 1.807) is 38.2 Å². The minimum Gasteiger partial charge on any atom is -0.497 e. The summed E-state index contributed by atoms with van der Waals surface area (Å²) in [6, 6.07) is 11.3. The largest absolute Gasteiger partial charge is 0.497 e. The minimum atomic E-state index is -0.719. The minimum absolute atomic E-state index is 0.110. The number of carbonyl (C=O) groups excluding carboxylic acids is 1. The molecule has 2 atom stereocenters. The van der Waals surface area contributed by atoms with E-state index in [2.05, 4.69) is 0 Å². The number of likely N-dealkylation sites (tertiary alicyclic amines) is 1. The Hall–Kier alpha value is -2.76. The van der Waals surface area contributed by atoms with Crippen molar-refractivity contribution < 1.29 is 23.4 Å². The third-order valence-electron chi connectivity index (χ3n) is 4.79. The van der Waals surface area contributed by atoms with Gasteiger partial charge in [0.25, 0.3) is 5.91 Å². The molecule has 1 aliphatic heterocycles. The SMILES string of the molecule is COc1ccc(OC)c([C@H]2CCCN2C(=O)[C@H](C)Oc2cccc(F)c2)c1. The Morgan fingerprint density at radius 2 is 1.96 bits per heavy atom. The molecule has 0 spiro atoms. The van der Waals surface area contributed by atoms with Gasteiger partial charge in [-0.25, -0.2) is 4.39 Å². The number of rotatable bonds is 6. The average Bonchev–Trinajstić information content (AvgIpc) is 3.16. The lowest BCUT2D eigenvalue weighted by molar-refractivity contribution is -0.139. The fraction of sp³-hybridized carbons (Fsp3) is 0.381. The number of hydrogen-bond acceptors (Lipinski definition) is 4. The molecule has 2 aromatic rings. The molecule has 1 heterocycles. The maximum Gasteiger partial charge on any atom is 0.263 e. The number of carbonyl (C=O) groups is 1. The molecule has 6 heteroatoms. The zero-order valence-corrected chi connectivity index (χ0v) is 15.8. The molecule has 1 fully saturated rings. The van der Waals surface area contributed by atoms with Gasteiger partial charge in [0.15, 0.2) is 6.10 Å². The van der Waals surface area contributed by atoms with Crippen molar-refractivity contribution >= 4 is 5.91 Å². The first-order valence-electron chi connectivity index (χ1n) is 8.98. The normalized spacial score (nSPS) is 17.5. The van der Waals surface area contributed by atoms with Crippen molar-refractivity contribution in [1.29, 1.82) is 0 Å². The van der Waals surface area contributed by atoms with E-state index in [1.165, 1.54) is 12.1 Å². The van der Waals surface area contributed by atoms with Crippen molar-refractivity contribution in [2.45, 2.75) is 31.9 Å². The molecule has 27 heavy (non-hydrogen) atoms. The topological polar surface area (TPSA) is 48.0 Å². The zero-order chi connectivity index (χ0) is 19.4. The van der Waals surface area contributed by atoms with Crippen LogP contribution in [0.15, 0.2) is 42.5 Å². The summed E-state index contributed by atoms with van der Waals surface area (Å²) >= 11 is 0. The van der Waals surface area contributed by atoms with E-state index in [1.807, 2.05) is 18.2 Å². The molecule has 0 radical (unpaired) electrons. The Balaban J connectivity index is 1.80. The highest BCUT2D eigenvalue weighted by atomic mass is 19.1. The monoisotopic (exact) mass is 373 g/mol.